The maximum atomic E-state index is 12.8. The predicted octanol–water partition coefficient (Wildman–Crippen LogP) is 2.99. The molecule has 3 rings (SSSR count). The van der Waals surface area contributed by atoms with Crippen molar-refractivity contribution in [2.75, 3.05) is 5.75 Å². The van der Waals surface area contributed by atoms with Crippen LogP contribution >= 0.6 is 11.8 Å². The van der Waals surface area contributed by atoms with Crippen molar-refractivity contribution in [3.63, 3.8) is 0 Å². The first kappa shape index (κ1) is 21.5. The fraction of sp³-hybridized carbons (Fsp3) is 0.217. The van der Waals surface area contributed by atoms with Crippen molar-refractivity contribution in [2.45, 2.75) is 31.1 Å². The number of carbonyl (C=O) groups excluding carboxylic acids is 2. The Morgan fingerprint density at radius 3 is 2.57 bits per heavy atom. The summed E-state index contributed by atoms with van der Waals surface area (Å²) in [5, 5.41) is 3.76. The van der Waals surface area contributed by atoms with Crippen molar-refractivity contribution in [3.05, 3.63) is 83.2 Å². The van der Waals surface area contributed by atoms with Gasteiger partial charge in [0.2, 0.25) is 5.91 Å². The number of amides is 1. The van der Waals surface area contributed by atoms with E-state index in [-0.39, 0.29) is 23.0 Å². The monoisotopic (exact) mass is 421 g/mol. The largest absolute Gasteiger partial charge is 0.345 e. The lowest BCUT2D eigenvalue weighted by Gasteiger charge is -2.16. The highest BCUT2D eigenvalue weighted by Gasteiger charge is 2.19. The molecule has 1 aromatic heterocycles. The molecular weight excluding hydrogens is 398 g/mol. The van der Waals surface area contributed by atoms with Gasteiger partial charge in [0.15, 0.2) is 10.9 Å². The first-order valence-corrected chi connectivity index (χ1v) is 10.5. The topological polar surface area (TPSA) is 81.1 Å². The number of rotatable bonds is 9. The fourth-order valence-corrected chi connectivity index (χ4v) is 3.88. The number of allylic oxidation sites excluding steroid dienone is 1. The summed E-state index contributed by atoms with van der Waals surface area (Å²) >= 11 is 1.16. The van der Waals surface area contributed by atoms with Gasteiger partial charge >= 0.3 is 0 Å². The molecule has 0 saturated carbocycles. The van der Waals surface area contributed by atoms with E-state index in [9.17, 15) is 14.4 Å². The van der Waals surface area contributed by atoms with Gasteiger partial charge in [-0.25, -0.2) is 4.98 Å². The fourth-order valence-electron chi connectivity index (χ4n) is 3.06. The van der Waals surface area contributed by atoms with Crippen molar-refractivity contribution in [3.8, 4) is 0 Å². The lowest BCUT2D eigenvalue weighted by molar-refractivity contribution is -0.125. The van der Waals surface area contributed by atoms with Gasteiger partial charge in [-0.05, 0) is 31.0 Å². The molecule has 0 bridgehead atoms. The zero-order valence-electron chi connectivity index (χ0n) is 16.7. The number of nitrogens with zero attached hydrogens (tertiary/aromatic N) is 2. The van der Waals surface area contributed by atoms with Gasteiger partial charge in [0.25, 0.3) is 5.56 Å². The quantitative estimate of drug-likeness (QED) is 0.326. The predicted molar refractivity (Wildman–Crippen MR) is 120 cm³/mol. The minimum atomic E-state index is -0.597. The lowest BCUT2D eigenvalue weighted by Crippen LogP contribution is -2.42. The average Bonchev–Trinajstić information content (AvgIpc) is 2.75. The minimum absolute atomic E-state index is 0.0422. The van der Waals surface area contributed by atoms with Crippen molar-refractivity contribution in [2.24, 2.45) is 0 Å². The molecule has 0 unspecified atom stereocenters. The summed E-state index contributed by atoms with van der Waals surface area (Å²) in [6.07, 6.45) is 2.05. The average molecular weight is 422 g/mol. The Hall–Kier alpha value is -3.19. The van der Waals surface area contributed by atoms with E-state index in [2.05, 4.69) is 16.9 Å². The Bertz CT molecular complexity index is 1130. The van der Waals surface area contributed by atoms with Crippen LogP contribution in [0.5, 0.6) is 0 Å². The van der Waals surface area contributed by atoms with E-state index in [1.54, 1.807) is 24.3 Å². The molecule has 1 heterocycles. The number of para-hydroxylation sites is 1. The SMILES string of the molecule is C=CCn1c(SCC(=O)N[C@@H](Cc2ccccc2)C(C)=O)nc2ccccc2c1=O. The lowest BCUT2D eigenvalue weighted by atomic mass is 10.0. The Labute approximate surface area is 179 Å². The van der Waals surface area contributed by atoms with Gasteiger partial charge in [-0.3, -0.25) is 19.0 Å². The third kappa shape index (κ3) is 5.24. The number of fused-ring (bicyclic) bond motifs is 1. The van der Waals surface area contributed by atoms with Crippen LogP contribution in [0.2, 0.25) is 0 Å². The molecule has 0 aliphatic heterocycles. The summed E-state index contributed by atoms with van der Waals surface area (Å²) < 4.78 is 1.50. The van der Waals surface area contributed by atoms with Crippen LogP contribution in [-0.2, 0) is 22.6 Å². The van der Waals surface area contributed by atoms with Gasteiger partial charge in [-0.2, -0.15) is 0 Å². The summed E-state index contributed by atoms with van der Waals surface area (Å²) in [6.45, 7) is 5.46. The number of nitrogens with one attached hydrogen (secondary N) is 1. The summed E-state index contributed by atoms with van der Waals surface area (Å²) in [4.78, 5) is 41.8. The van der Waals surface area contributed by atoms with Gasteiger partial charge in [-0.1, -0.05) is 60.3 Å². The number of thioether (sulfide) groups is 1. The van der Waals surface area contributed by atoms with Crippen LogP contribution in [0.25, 0.3) is 10.9 Å². The van der Waals surface area contributed by atoms with E-state index >= 15 is 0 Å². The third-order valence-corrected chi connectivity index (χ3v) is 5.56. The van der Waals surface area contributed by atoms with E-state index in [4.69, 9.17) is 0 Å². The van der Waals surface area contributed by atoms with Gasteiger partial charge in [0.1, 0.15) is 0 Å². The van der Waals surface area contributed by atoms with Crippen LogP contribution in [0.1, 0.15) is 12.5 Å². The number of hydrogen-bond acceptors (Lipinski definition) is 5. The number of Topliss-reactive ketones (excluding diaryl/α,β-unsaturated/α-hetero) is 1. The van der Waals surface area contributed by atoms with Crippen molar-refractivity contribution in [1.29, 1.82) is 0 Å². The first-order valence-electron chi connectivity index (χ1n) is 9.56. The number of hydrogen-bond donors (Lipinski definition) is 1. The zero-order valence-corrected chi connectivity index (χ0v) is 17.5. The molecule has 30 heavy (non-hydrogen) atoms. The van der Waals surface area contributed by atoms with Gasteiger partial charge < -0.3 is 5.32 Å². The van der Waals surface area contributed by atoms with E-state index in [1.165, 1.54) is 11.5 Å². The van der Waals surface area contributed by atoms with Crippen molar-refractivity contribution >= 4 is 34.4 Å². The van der Waals surface area contributed by atoms with E-state index in [0.29, 0.717) is 29.0 Å². The van der Waals surface area contributed by atoms with Crippen LogP contribution < -0.4 is 10.9 Å². The molecule has 3 aromatic rings. The highest BCUT2D eigenvalue weighted by molar-refractivity contribution is 7.99. The summed E-state index contributed by atoms with van der Waals surface area (Å²) in [5.41, 5.74) is 1.38. The van der Waals surface area contributed by atoms with Crippen molar-refractivity contribution in [1.82, 2.24) is 14.9 Å². The molecule has 6 nitrogen and oxygen atoms in total. The molecule has 1 amide bonds. The number of aromatic nitrogens is 2. The molecular formula is C23H23N3O3S. The standard InChI is InChI=1S/C23H23N3O3S/c1-3-13-26-22(29)18-11-7-8-12-19(18)25-23(26)30-15-21(28)24-20(16(2)27)14-17-9-5-4-6-10-17/h3-12,20H,1,13-15H2,2H3,(H,24,28)/t20-/m0/s1. The number of carbonyl (C=O) groups is 2. The van der Waals surface area contributed by atoms with Gasteiger partial charge in [0.05, 0.1) is 22.7 Å². The van der Waals surface area contributed by atoms with Crippen LogP contribution in [0.15, 0.2) is 77.2 Å². The first-order chi connectivity index (χ1) is 14.5. The van der Waals surface area contributed by atoms with E-state index < -0.39 is 6.04 Å². The van der Waals surface area contributed by atoms with E-state index in [1.807, 2.05) is 36.4 Å². The second-order valence-corrected chi connectivity index (χ2v) is 7.77. The Morgan fingerprint density at radius 2 is 1.87 bits per heavy atom. The molecule has 0 radical (unpaired) electrons. The smallest absolute Gasteiger partial charge is 0.262 e. The molecule has 1 N–H and O–H groups in total. The normalized spacial score (nSPS) is 11.8. The summed E-state index contributed by atoms with van der Waals surface area (Å²) in [6, 6.07) is 16.0. The third-order valence-electron chi connectivity index (χ3n) is 4.58. The molecule has 0 aliphatic carbocycles. The second-order valence-electron chi connectivity index (χ2n) is 6.83. The maximum absolute atomic E-state index is 12.8. The second kappa shape index (κ2) is 10.0. The Kier molecular flexibility index (Phi) is 7.19. The molecule has 0 spiro atoms. The van der Waals surface area contributed by atoms with Crippen LogP contribution in [0.4, 0.5) is 0 Å². The Morgan fingerprint density at radius 1 is 1.17 bits per heavy atom. The highest BCUT2D eigenvalue weighted by atomic mass is 32.2. The maximum Gasteiger partial charge on any atom is 0.262 e. The highest BCUT2D eigenvalue weighted by Crippen LogP contribution is 2.18. The minimum Gasteiger partial charge on any atom is -0.345 e. The molecule has 1 atom stereocenters. The van der Waals surface area contributed by atoms with Crippen molar-refractivity contribution < 1.29 is 9.59 Å². The Balaban J connectivity index is 1.73. The molecule has 154 valence electrons. The van der Waals surface area contributed by atoms with Crippen LogP contribution in [0.3, 0.4) is 0 Å². The van der Waals surface area contributed by atoms with Crippen LogP contribution in [0, 0.1) is 0 Å². The molecule has 2 aromatic carbocycles. The molecule has 0 fully saturated rings. The molecule has 0 aliphatic rings. The zero-order chi connectivity index (χ0) is 21.5. The van der Waals surface area contributed by atoms with Gasteiger partial charge in [-0.15, -0.1) is 6.58 Å². The molecule has 0 saturated heterocycles. The van der Waals surface area contributed by atoms with Crippen LogP contribution in [-0.4, -0.2) is 33.0 Å². The van der Waals surface area contributed by atoms with Gasteiger partial charge in [0, 0.05) is 6.54 Å². The summed E-state index contributed by atoms with van der Waals surface area (Å²) in [5.74, 6) is -0.353. The number of benzene rings is 2. The number of ketones is 1. The molecule has 7 heteroatoms. The van der Waals surface area contributed by atoms with E-state index in [0.717, 1.165) is 17.3 Å². The summed E-state index contributed by atoms with van der Waals surface area (Å²) in [7, 11) is 0.